The van der Waals surface area contributed by atoms with Gasteiger partial charge in [-0.15, -0.1) is 0 Å². The molecule has 0 amide bonds. The molecule has 0 fully saturated rings. The molecule has 0 saturated carbocycles. The summed E-state index contributed by atoms with van der Waals surface area (Å²) in [6, 6.07) is 0. The maximum absolute atomic E-state index is 0. The van der Waals surface area contributed by atoms with Crippen LogP contribution in [0.15, 0.2) is 0 Å². The molecule has 0 aliphatic rings. The van der Waals surface area contributed by atoms with Crippen molar-refractivity contribution in [2.75, 3.05) is 0 Å². The Bertz CT molecular complexity index is 8.00. The van der Waals surface area contributed by atoms with Crippen LogP contribution in [-0.2, 0) is 22.4 Å². The van der Waals surface area contributed by atoms with E-state index < -0.39 is 0 Å². The smallest absolute Gasteiger partial charge is 0 e. The summed E-state index contributed by atoms with van der Waals surface area (Å²) >= 11 is 0. The molecule has 0 aliphatic heterocycles. The Kier molecular flexibility index (Phi) is 121. The summed E-state index contributed by atoms with van der Waals surface area (Å²) in [5, 5.41) is 0. The molecule has 0 aromatic rings. The fraction of sp³-hybridized carbons (Fsp3) is 0. The molecule has 26 valence electrons. The van der Waals surface area contributed by atoms with E-state index in [-0.39, 0.29) is 88.1 Å². The SMILES string of the molecule is [Ag].[Ge].[Sb].[Te]. The summed E-state index contributed by atoms with van der Waals surface area (Å²) in [7, 11) is 0. The summed E-state index contributed by atoms with van der Waals surface area (Å²) < 4.78 is 0. The van der Waals surface area contributed by atoms with Crippen molar-refractivity contribution in [2.45, 2.75) is 0 Å². The number of hydrogen-bond donors (Lipinski definition) is 0. The Morgan fingerprint density at radius 2 is 1.00 bits per heavy atom. The molecular formula is AgGeSbTe. The first-order valence-corrected chi connectivity index (χ1v) is 0. The van der Waals surface area contributed by atoms with Crippen LogP contribution in [0.2, 0.25) is 0 Å². The van der Waals surface area contributed by atoms with Gasteiger partial charge >= 0.3 is 0 Å². The molecule has 0 heterocycles. The van der Waals surface area contributed by atoms with Gasteiger partial charge in [-0.05, 0) is 0 Å². The molecule has 0 N–H and O–H groups in total. The Hall–Kier alpha value is 2.89. The first-order chi connectivity index (χ1) is 0. The third-order valence-corrected chi connectivity index (χ3v) is 0. The zero-order chi connectivity index (χ0) is 0. The van der Waals surface area contributed by atoms with Crippen molar-refractivity contribution in [1.82, 2.24) is 0 Å². The largest absolute Gasteiger partial charge is 0 e. The maximum Gasteiger partial charge on any atom is 0 e. The minimum absolute atomic E-state index is 0. The average molecular weight is 430 g/mol. The average Bonchev–Trinajstić information content (AvgIpc) is 0. The second kappa shape index (κ2) is 16.9. The molecule has 0 rings (SSSR count). The monoisotopic (exact) mass is 432 g/mol. The first kappa shape index (κ1) is 28.6. The summed E-state index contributed by atoms with van der Waals surface area (Å²) in [5.74, 6) is 0. The van der Waals surface area contributed by atoms with Crippen LogP contribution in [0.1, 0.15) is 0 Å². The third kappa shape index (κ3) is 8.86. The van der Waals surface area contributed by atoms with Gasteiger partial charge in [0, 0.05) is 88.1 Å². The van der Waals surface area contributed by atoms with Gasteiger partial charge in [0.25, 0.3) is 0 Å². The molecule has 4 heavy (non-hydrogen) atoms. The predicted octanol–water partition coefficient (Wildman–Crippen LogP) is -1.14. The van der Waals surface area contributed by atoms with E-state index in [0.29, 0.717) is 0 Å². The van der Waals surface area contributed by atoms with Crippen LogP contribution < -0.4 is 0 Å². The quantitative estimate of drug-likeness (QED) is 0.427. The number of hydrogen-bond acceptors (Lipinski definition) is 0. The van der Waals surface area contributed by atoms with Crippen LogP contribution in [0, 0.1) is 0 Å². The van der Waals surface area contributed by atoms with Gasteiger partial charge < -0.3 is 0 Å². The van der Waals surface area contributed by atoms with E-state index in [1.165, 1.54) is 0 Å². The predicted molar refractivity (Wildman–Crippen MR) is 17.3 cm³/mol. The van der Waals surface area contributed by atoms with E-state index in [1.807, 2.05) is 0 Å². The van der Waals surface area contributed by atoms with Crippen LogP contribution >= 0.6 is 0 Å². The third-order valence-electron chi connectivity index (χ3n) is 0. The van der Waals surface area contributed by atoms with Gasteiger partial charge in [0.05, 0.1) is 0 Å². The van der Waals surface area contributed by atoms with E-state index in [0.717, 1.165) is 0 Å². The summed E-state index contributed by atoms with van der Waals surface area (Å²) in [6.45, 7) is 0. The van der Waals surface area contributed by atoms with E-state index in [9.17, 15) is 0 Å². The zero-order valence-corrected chi connectivity index (χ0v) is 10.1. The molecule has 4 heteroatoms. The molecule has 0 nitrogen and oxygen atoms in total. The summed E-state index contributed by atoms with van der Waals surface area (Å²) in [5.41, 5.74) is 0. The van der Waals surface area contributed by atoms with Crippen molar-refractivity contribution in [2.24, 2.45) is 0 Å². The first-order valence-electron chi connectivity index (χ1n) is 0. The van der Waals surface area contributed by atoms with Crippen molar-refractivity contribution in [3.63, 3.8) is 0 Å². The molecule has 0 atom stereocenters. The van der Waals surface area contributed by atoms with Gasteiger partial charge in [-0.2, -0.15) is 0 Å². The molecule has 0 aliphatic carbocycles. The van der Waals surface area contributed by atoms with E-state index in [4.69, 9.17) is 0 Å². The van der Waals surface area contributed by atoms with E-state index in [2.05, 4.69) is 0 Å². The van der Waals surface area contributed by atoms with Gasteiger partial charge in [-0.1, -0.05) is 0 Å². The molecule has 0 saturated heterocycles. The molecule has 0 bridgehead atoms. The maximum atomic E-state index is 0. The molecule has 0 spiro atoms. The zero-order valence-electron chi connectivity index (χ0n) is 1.66. The molecule has 0 unspecified atom stereocenters. The topological polar surface area (TPSA) is 0 Å². The van der Waals surface area contributed by atoms with E-state index in [1.54, 1.807) is 0 Å². The minimum Gasteiger partial charge on any atom is 0 e. The molecule has 0 aromatic heterocycles. The summed E-state index contributed by atoms with van der Waals surface area (Å²) in [4.78, 5) is 0. The minimum atomic E-state index is 0. The van der Waals surface area contributed by atoms with Crippen molar-refractivity contribution in [1.29, 1.82) is 0 Å². The van der Waals surface area contributed by atoms with Crippen molar-refractivity contribution < 1.29 is 22.4 Å². The van der Waals surface area contributed by atoms with Crippen molar-refractivity contribution in [3.8, 4) is 0 Å². The Labute approximate surface area is 86.5 Å². The van der Waals surface area contributed by atoms with Gasteiger partial charge in [0.1, 0.15) is 0 Å². The Morgan fingerprint density at radius 1 is 1.00 bits per heavy atom. The fourth-order valence-electron chi connectivity index (χ4n) is 0. The summed E-state index contributed by atoms with van der Waals surface area (Å²) in [6.07, 6.45) is 0. The van der Waals surface area contributed by atoms with Crippen LogP contribution in [0.5, 0.6) is 0 Å². The number of rotatable bonds is 0. The second-order valence-electron chi connectivity index (χ2n) is 0. The normalized spacial score (nSPS) is 0. The standard InChI is InChI=1S/Ag.Ge.Sb.Te. The van der Waals surface area contributed by atoms with Crippen LogP contribution in [0.3, 0.4) is 0 Å². The van der Waals surface area contributed by atoms with Crippen LogP contribution in [-0.4, -0.2) is 65.7 Å². The van der Waals surface area contributed by atoms with E-state index >= 15 is 0 Å². The van der Waals surface area contributed by atoms with Gasteiger partial charge in [-0.25, -0.2) is 0 Å². The van der Waals surface area contributed by atoms with Gasteiger partial charge in [-0.3, -0.25) is 0 Å². The molecule has 10 radical (unpaired) electrons. The molecule has 0 aromatic carbocycles. The molecular weight excluding hydrogens is 430 g/mol. The van der Waals surface area contributed by atoms with Crippen LogP contribution in [0.25, 0.3) is 0 Å². The van der Waals surface area contributed by atoms with Gasteiger partial charge in [0.2, 0.25) is 0 Å². The second-order valence-corrected chi connectivity index (χ2v) is 0. The van der Waals surface area contributed by atoms with Gasteiger partial charge in [0.15, 0.2) is 0 Å². The Balaban J connectivity index is 0. The van der Waals surface area contributed by atoms with Crippen molar-refractivity contribution >= 4 is 65.7 Å². The fourth-order valence-corrected chi connectivity index (χ4v) is 0. The van der Waals surface area contributed by atoms with Crippen molar-refractivity contribution in [3.05, 3.63) is 0 Å². The Morgan fingerprint density at radius 3 is 1.00 bits per heavy atom. The van der Waals surface area contributed by atoms with Crippen LogP contribution in [0.4, 0.5) is 0 Å².